The standard InChI is InChI=1S/C12H14N2OS2/c1-9-13-10(8-17-9)7-14(2)12(15)6-11-4-3-5-16-11/h3-5,8H,6-7H2,1-2H3. The number of aromatic nitrogens is 1. The van der Waals surface area contributed by atoms with Crippen molar-refractivity contribution in [1.29, 1.82) is 0 Å². The van der Waals surface area contributed by atoms with E-state index in [0.717, 1.165) is 15.6 Å². The number of hydrogen-bond donors (Lipinski definition) is 0. The van der Waals surface area contributed by atoms with Crippen LogP contribution < -0.4 is 0 Å². The van der Waals surface area contributed by atoms with Gasteiger partial charge in [0.2, 0.25) is 5.91 Å². The van der Waals surface area contributed by atoms with Crippen molar-refractivity contribution in [3.05, 3.63) is 38.5 Å². The van der Waals surface area contributed by atoms with E-state index in [1.165, 1.54) is 0 Å². The molecule has 1 amide bonds. The molecule has 2 aromatic rings. The van der Waals surface area contributed by atoms with E-state index < -0.39 is 0 Å². The first-order valence-corrected chi connectivity index (χ1v) is 7.08. The van der Waals surface area contributed by atoms with Gasteiger partial charge in [-0.25, -0.2) is 4.98 Å². The maximum absolute atomic E-state index is 11.9. The number of nitrogens with zero attached hydrogens (tertiary/aromatic N) is 2. The summed E-state index contributed by atoms with van der Waals surface area (Å²) in [5.41, 5.74) is 0.967. The third-order valence-electron chi connectivity index (χ3n) is 2.40. The minimum Gasteiger partial charge on any atom is -0.340 e. The predicted molar refractivity (Wildman–Crippen MR) is 71.3 cm³/mol. The van der Waals surface area contributed by atoms with Crippen molar-refractivity contribution in [2.75, 3.05) is 7.05 Å². The molecule has 0 bridgehead atoms. The normalized spacial score (nSPS) is 10.5. The van der Waals surface area contributed by atoms with Gasteiger partial charge >= 0.3 is 0 Å². The Kier molecular flexibility index (Phi) is 3.91. The van der Waals surface area contributed by atoms with Crippen molar-refractivity contribution < 1.29 is 4.79 Å². The van der Waals surface area contributed by atoms with Crippen LogP contribution in [0.4, 0.5) is 0 Å². The number of likely N-dealkylation sites (N-methyl/N-ethyl adjacent to an activating group) is 1. The van der Waals surface area contributed by atoms with Gasteiger partial charge in [-0.05, 0) is 18.4 Å². The van der Waals surface area contributed by atoms with Crippen LogP contribution in [-0.4, -0.2) is 22.8 Å². The molecule has 2 heterocycles. The minimum absolute atomic E-state index is 0.137. The second-order valence-electron chi connectivity index (χ2n) is 3.86. The molecule has 0 saturated carbocycles. The van der Waals surface area contributed by atoms with E-state index in [2.05, 4.69) is 4.98 Å². The summed E-state index contributed by atoms with van der Waals surface area (Å²) in [5, 5.41) is 5.04. The van der Waals surface area contributed by atoms with Gasteiger partial charge in [0.05, 0.1) is 23.7 Å². The fraction of sp³-hybridized carbons (Fsp3) is 0.333. The lowest BCUT2D eigenvalue weighted by molar-refractivity contribution is -0.129. The van der Waals surface area contributed by atoms with Crippen LogP contribution >= 0.6 is 22.7 Å². The Morgan fingerprint density at radius 2 is 2.29 bits per heavy atom. The van der Waals surface area contributed by atoms with Gasteiger partial charge in [-0.3, -0.25) is 4.79 Å². The summed E-state index contributed by atoms with van der Waals surface area (Å²) in [6.07, 6.45) is 0.483. The average Bonchev–Trinajstić information content (AvgIpc) is 2.90. The molecule has 2 aromatic heterocycles. The molecule has 17 heavy (non-hydrogen) atoms. The Bertz CT molecular complexity index is 490. The monoisotopic (exact) mass is 266 g/mol. The first-order chi connectivity index (χ1) is 8.15. The van der Waals surface area contributed by atoms with Gasteiger partial charge in [0, 0.05) is 17.3 Å². The van der Waals surface area contributed by atoms with Crippen LogP contribution in [0.25, 0.3) is 0 Å². The van der Waals surface area contributed by atoms with E-state index >= 15 is 0 Å². The zero-order valence-corrected chi connectivity index (χ0v) is 11.5. The molecule has 0 aliphatic rings. The fourth-order valence-corrected chi connectivity index (χ4v) is 2.81. The van der Waals surface area contributed by atoms with Crippen molar-refractivity contribution >= 4 is 28.6 Å². The van der Waals surface area contributed by atoms with E-state index in [4.69, 9.17) is 0 Å². The van der Waals surface area contributed by atoms with Crippen LogP contribution in [0.1, 0.15) is 15.6 Å². The molecular weight excluding hydrogens is 252 g/mol. The molecule has 5 heteroatoms. The van der Waals surface area contributed by atoms with Crippen molar-refractivity contribution in [3.8, 4) is 0 Å². The molecule has 90 valence electrons. The number of carbonyl (C=O) groups excluding carboxylic acids is 1. The van der Waals surface area contributed by atoms with Crippen LogP contribution in [0.3, 0.4) is 0 Å². The quantitative estimate of drug-likeness (QED) is 0.852. The van der Waals surface area contributed by atoms with E-state index in [-0.39, 0.29) is 5.91 Å². The van der Waals surface area contributed by atoms with E-state index in [0.29, 0.717) is 13.0 Å². The number of thiophene rings is 1. The van der Waals surface area contributed by atoms with Gasteiger partial charge in [-0.1, -0.05) is 6.07 Å². The maximum Gasteiger partial charge on any atom is 0.227 e. The largest absolute Gasteiger partial charge is 0.340 e. The smallest absolute Gasteiger partial charge is 0.227 e. The molecule has 0 aliphatic heterocycles. The molecule has 0 N–H and O–H groups in total. The third-order valence-corrected chi connectivity index (χ3v) is 4.10. The Balaban J connectivity index is 1.91. The van der Waals surface area contributed by atoms with Crippen LogP contribution in [-0.2, 0) is 17.8 Å². The molecule has 2 rings (SSSR count). The van der Waals surface area contributed by atoms with Gasteiger partial charge in [0.25, 0.3) is 0 Å². The van der Waals surface area contributed by atoms with Gasteiger partial charge in [-0.15, -0.1) is 22.7 Å². The number of hydrogen-bond acceptors (Lipinski definition) is 4. The first kappa shape index (κ1) is 12.3. The topological polar surface area (TPSA) is 33.2 Å². The zero-order chi connectivity index (χ0) is 12.3. The second-order valence-corrected chi connectivity index (χ2v) is 5.96. The summed E-state index contributed by atoms with van der Waals surface area (Å²) < 4.78 is 0. The molecule has 0 unspecified atom stereocenters. The predicted octanol–water partition coefficient (Wildman–Crippen LogP) is 2.71. The highest BCUT2D eigenvalue weighted by Crippen LogP contribution is 2.13. The Labute approximate surface area is 109 Å². The zero-order valence-electron chi connectivity index (χ0n) is 9.84. The van der Waals surface area contributed by atoms with Gasteiger partial charge < -0.3 is 4.90 Å². The van der Waals surface area contributed by atoms with E-state index in [1.54, 1.807) is 27.6 Å². The van der Waals surface area contributed by atoms with Gasteiger partial charge in [0.1, 0.15) is 0 Å². The van der Waals surface area contributed by atoms with Crippen LogP contribution in [0, 0.1) is 6.92 Å². The highest BCUT2D eigenvalue weighted by Gasteiger charge is 2.11. The fourth-order valence-electron chi connectivity index (χ4n) is 1.51. The van der Waals surface area contributed by atoms with Crippen molar-refractivity contribution in [1.82, 2.24) is 9.88 Å². The van der Waals surface area contributed by atoms with Crippen LogP contribution in [0.5, 0.6) is 0 Å². The van der Waals surface area contributed by atoms with E-state index in [9.17, 15) is 4.79 Å². The Morgan fingerprint density at radius 3 is 2.88 bits per heavy atom. The van der Waals surface area contributed by atoms with Crippen molar-refractivity contribution in [2.45, 2.75) is 19.9 Å². The molecule has 0 spiro atoms. The molecule has 0 aliphatic carbocycles. The number of rotatable bonds is 4. The lowest BCUT2D eigenvalue weighted by Gasteiger charge is -2.15. The first-order valence-electron chi connectivity index (χ1n) is 5.32. The lowest BCUT2D eigenvalue weighted by Crippen LogP contribution is -2.27. The molecule has 0 radical (unpaired) electrons. The number of carbonyl (C=O) groups is 1. The molecule has 0 fully saturated rings. The second kappa shape index (κ2) is 5.42. The Hall–Kier alpha value is -1.20. The van der Waals surface area contributed by atoms with Gasteiger partial charge in [-0.2, -0.15) is 0 Å². The van der Waals surface area contributed by atoms with Gasteiger partial charge in [0.15, 0.2) is 0 Å². The average molecular weight is 266 g/mol. The summed E-state index contributed by atoms with van der Waals surface area (Å²) in [6.45, 7) is 2.57. The molecule has 0 saturated heterocycles. The van der Waals surface area contributed by atoms with Crippen LogP contribution in [0.2, 0.25) is 0 Å². The van der Waals surface area contributed by atoms with Crippen LogP contribution in [0.15, 0.2) is 22.9 Å². The summed E-state index contributed by atoms with van der Waals surface area (Å²) in [6, 6.07) is 3.96. The number of amides is 1. The van der Waals surface area contributed by atoms with Crippen molar-refractivity contribution in [3.63, 3.8) is 0 Å². The molecule has 3 nitrogen and oxygen atoms in total. The summed E-state index contributed by atoms with van der Waals surface area (Å²) in [4.78, 5) is 19.1. The summed E-state index contributed by atoms with van der Waals surface area (Å²) >= 11 is 3.23. The maximum atomic E-state index is 11.9. The number of thiazole rings is 1. The minimum atomic E-state index is 0.137. The third kappa shape index (κ3) is 3.38. The summed E-state index contributed by atoms with van der Waals surface area (Å²) in [5.74, 6) is 0.137. The molecule has 0 atom stereocenters. The highest BCUT2D eigenvalue weighted by atomic mass is 32.1. The molecule has 0 aromatic carbocycles. The molecular formula is C12H14N2OS2. The number of aryl methyl sites for hydroxylation is 1. The highest BCUT2D eigenvalue weighted by molar-refractivity contribution is 7.10. The summed E-state index contributed by atoms with van der Waals surface area (Å²) in [7, 11) is 1.82. The Morgan fingerprint density at radius 1 is 1.47 bits per heavy atom. The SMILES string of the molecule is Cc1nc(CN(C)C(=O)Cc2cccs2)cs1. The van der Waals surface area contributed by atoms with Crippen molar-refractivity contribution in [2.24, 2.45) is 0 Å². The lowest BCUT2D eigenvalue weighted by atomic mass is 10.3. The van der Waals surface area contributed by atoms with E-state index in [1.807, 2.05) is 36.9 Å².